The van der Waals surface area contributed by atoms with Gasteiger partial charge in [0.2, 0.25) is 0 Å². The SMILES string of the molecule is Brc1ccc2c3ncccc3n(-c3cc(-c4ccccn4)nc(-c4ccccn4)c3)c2c1.Brc1ccc2c3ncccc3n(-c3cccc(-c4cc(-c5ccccc5)nc(-c5ccccc5)n4)c3)c2c1.Brc1ccc2c3ncccc3n(-c3cccc(-c4nc(-c5ccccc5)cc(-c5ccccc5)n4)c3)c2c1.Brc1ccc2c3ncccc3n(-c3cccc(-c4nc(-c5ccccc5)nc(-c5ccccc5)n4)c3)c2c1. The zero-order valence-electron chi connectivity index (χ0n) is 77.6. The van der Waals surface area contributed by atoms with Crippen molar-refractivity contribution in [3.63, 3.8) is 0 Å². The first-order valence-corrected chi connectivity index (χ1v) is 50.4. The molecule has 692 valence electrons. The van der Waals surface area contributed by atoms with Crippen LogP contribution in [0.1, 0.15) is 0 Å². The molecule has 0 atom stereocenters. The lowest BCUT2D eigenvalue weighted by Crippen LogP contribution is -2.01. The molecular weight excluding hydrogens is 2060 g/mol. The fraction of sp³-hybridized carbons (Fsp3) is 0. The fourth-order valence-electron chi connectivity index (χ4n) is 18.7. The van der Waals surface area contributed by atoms with Crippen LogP contribution in [-0.4, -0.2) is 88.0 Å². The van der Waals surface area contributed by atoms with Crippen LogP contribution < -0.4 is 0 Å². The van der Waals surface area contributed by atoms with Crippen molar-refractivity contribution in [1.82, 2.24) is 88.0 Å². The van der Waals surface area contributed by atoms with Crippen molar-refractivity contribution < 1.29 is 0 Å². The standard InChI is InChI=1S/2C33H21BrN4.C32H20BrN5.C26H16BrN5/c34-25-16-17-27-31(20-25)38(30-15-8-18-35-32(27)30)26-14-7-13-24(19-26)29-21-28(22-9-3-1-4-10-22)36-33(37-29)23-11-5-2-6-12-23;34-25-16-17-27-31(20-25)38(30-15-8-18-35-32(27)30)26-14-7-13-24(19-26)33-36-28(22-9-3-1-4-10-22)21-29(37-33)23-11-5-2-6-12-23;33-24-16-17-26-28(20-24)38(27-15-8-18-34-29(26)27)25-14-7-13-23(19-25)32-36-30(21-9-3-1-4-10-21)35-31(37-32)22-11-5-2-6-12-22;27-17-9-10-19-25(14-17)32(24-8-5-13-30-26(19)24)18-15-22(20-6-1-3-11-28-20)31-23(16-18)21-7-2-4-12-29-21/h2*1-21H;1-20H;1-16H. The molecule has 146 heavy (non-hydrogen) atoms. The Morgan fingerprint density at radius 3 is 0.712 bits per heavy atom. The highest BCUT2D eigenvalue weighted by Gasteiger charge is 2.24. The molecule has 27 rings (SSSR count). The summed E-state index contributed by atoms with van der Waals surface area (Å²) < 4.78 is 13.1. The Hall–Kier alpha value is -17.8. The zero-order valence-corrected chi connectivity index (χ0v) is 83.9. The molecule has 0 aliphatic carbocycles. The van der Waals surface area contributed by atoms with E-state index in [-0.39, 0.29) is 0 Å². The van der Waals surface area contributed by atoms with E-state index >= 15 is 0 Å². The van der Waals surface area contributed by atoms with Crippen molar-refractivity contribution in [2.75, 3.05) is 0 Å². The summed E-state index contributed by atoms with van der Waals surface area (Å²) in [5, 5.41) is 4.43. The minimum absolute atomic E-state index is 0.625. The normalized spacial score (nSPS) is 11.3. The summed E-state index contributed by atoms with van der Waals surface area (Å²) >= 11 is 14.6. The van der Waals surface area contributed by atoms with E-state index in [0.29, 0.717) is 29.1 Å². The molecule has 14 heterocycles. The fourth-order valence-corrected chi connectivity index (χ4v) is 20.1. The summed E-state index contributed by atoms with van der Waals surface area (Å²) in [7, 11) is 0. The van der Waals surface area contributed by atoms with E-state index in [1.54, 1.807) is 12.4 Å². The van der Waals surface area contributed by atoms with Crippen molar-refractivity contribution >= 4 is 151 Å². The second-order valence-corrected chi connectivity index (χ2v) is 38.2. The lowest BCUT2D eigenvalue weighted by atomic mass is 10.1. The maximum atomic E-state index is 5.02. The van der Waals surface area contributed by atoms with E-state index in [1.807, 2.05) is 249 Å². The van der Waals surface area contributed by atoms with E-state index in [9.17, 15) is 0 Å². The van der Waals surface area contributed by atoms with Gasteiger partial charge in [-0.15, -0.1) is 0 Å². The lowest BCUT2D eigenvalue weighted by Gasteiger charge is -2.12. The van der Waals surface area contributed by atoms with Gasteiger partial charge in [-0.1, -0.05) is 294 Å². The van der Waals surface area contributed by atoms with Crippen molar-refractivity contribution in [1.29, 1.82) is 0 Å². The molecule has 22 heteroatoms. The molecule has 0 saturated carbocycles. The van der Waals surface area contributed by atoms with Gasteiger partial charge in [0, 0.05) is 144 Å². The molecule has 14 aromatic heterocycles. The minimum Gasteiger partial charge on any atom is -0.308 e. The first-order chi connectivity index (χ1) is 72.0. The third-order valence-electron chi connectivity index (χ3n) is 25.4. The molecule has 0 unspecified atom stereocenters. The Labute approximate surface area is 871 Å². The van der Waals surface area contributed by atoms with Gasteiger partial charge in [0.15, 0.2) is 29.1 Å². The number of nitrogens with zero attached hydrogens (tertiary/aromatic N) is 18. The van der Waals surface area contributed by atoms with E-state index in [2.05, 4.69) is 314 Å². The second-order valence-electron chi connectivity index (χ2n) is 34.6. The van der Waals surface area contributed by atoms with Crippen LogP contribution in [0.4, 0.5) is 0 Å². The van der Waals surface area contributed by atoms with Crippen molar-refractivity contribution in [2.24, 2.45) is 0 Å². The van der Waals surface area contributed by atoms with E-state index in [4.69, 9.17) is 49.8 Å². The molecule has 0 bridgehead atoms. The summed E-state index contributed by atoms with van der Waals surface area (Å²) in [5.41, 5.74) is 32.2. The van der Waals surface area contributed by atoms with Crippen LogP contribution in [0.15, 0.2) is 492 Å². The summed E-state index contributed by atoms with van der Waals surface area (Å²) in [5.74, 6) is 3.30. The topological polar surface area (TPSA) is 200 Å². The molecule has 0 aliphatic heterocycles. The molecule has 0 saturated heterocycles. The largest absolute Gasteiger partial charge is 0.308 e. The molecule has 18 nitrogen and oxygen atoms in total. The summed E-state index contributed by atoms with van der Waals surface area (Å²) in [6, 6.07) is 148. The Bertz CT molecular complexity index is 8650. The molecule has 0 N–H and O–H groups in total. The first-order valence-electron chi connectivity index (χ1n) is 47.2. The van der Waals surface area contributed by atoms with E-state index in [1.165, 1.54) is 0 Å². The highest BCUT2D eigenvalue weighted by atomic mass is 79.9. The van der Waals surface area contributed by atoms with E-state index in [0.717, 1.165) is 224 Å². The van der Waals surface area contributed by atoms with Gasteiger partial charge in [-0.2, -0.15) is 0 Å². The van der Waals surface area contributed by atoms with Gasteiger partial charge in [-0.25, -0.2) is 39.9 Å². The number of benzene rings is 13. The Kier molecular flexibility index (Phi) is 25.0. The van der Waals surface area contributed by atoms with Gasteiger partial charge in [0.25, 0.3) is 0 Å². The second kappa shape index (κ2) is 40.3. The average Bonchev–Trinajstić information content (AvgIpc) is 1.60. The van der Waals surface area contributed by atoms with Crippen molar-refractivity contribution in [3.8, 4) is 147 Å². The van der Waals surface area contributed by atoms with Gasteiger partial charge in [-0.05, 0) is 206 Å². The van der Waals surface area contributed by atoms with Crippen LogP contribution in [0.5, 0.6) is 0 Å². The predicted octanol–water partition coefficient (Wildman–Crippen LogP) is 32.1. The summed E-state index contributed by atoms with van der Waals surface area (Å²) in [6.45, 7) is 0. The van der Waals surface area contributed by atoms with Crippen LogP contribution in [-0.2, 0) is 0 Å². The monoisotopic (exact) mass is 2130 g/mol. The smallest absolute Gasteiger partial charge is 0.164 e. The molecular formula is C124H78Br4N18. The number of aromatic nitrogens is 18. The maximum absolute atomic E-state index is 5.02. The summed E-state index contributed by atoms with van der Waals surface area (Å²) in [4.78, 5) is 67.4. The van der Waals surface area contributed by atoms with Crippen LogP contribution >= 0.6 is 63.7 Å². The number of hydrogen-bond donors (Lipinski definition) is 0. The number of fused-ring (bicyclic) bond motifs is 12. The molecule has 0 amide bonds. The highest BCUT2D eigenvalue weighted by molar-refractivity contribution is 9.11. The average molecular weight is 2140 g/mol. The minimum atomic E-state index is 0.625. The third-order valence-corrected chi connectivity index (χ3v) is 27.3. The Morgan fingerprint density at radius 1 is 0.144 bits per heavy atom. The molecule has 0 aliphatic rings. The van der Waals surface area contributed by atoms with Gasteiger partial charge >= 0.3 is 0 Å². The number of pyridine rings is 7. The Morgan fingerprint density at radius 2 is 0.397 bits per heavy atom. The maximum Gasteiger partial charge on any atom is 0.164 e. The molecule has 27 aromatic rings. The van der Waals surface area contributed by atoms with Gasteiger partial charge in [0.05, 0.1) is 117 Å². The quantitative estimate of drug-likeness (QED) is 0.0938. The van der Waals surface area contributed by atoms with Crippen LogP contribution in [0.2, 0.25) is 0 Å². The molecule has 0 radical (unpaired) electrons. The summed E-state index contributed by atoms with van der Waals surface area (Å²) in [6.07, 6.45) is 10.9. The highest BCUT2D eigenvalue weighted by Crippen LogP contribution is 2.42. The number of rotatable bonds is 15. The Balaban J connectivity index is 0.000000105. The van der Waals surface area contributed by atoms with Crippen molar-refractivity contribution in [2.45, 2.75) is 0 Å². The van der Waals surface area contributed by atoms with Gasteiger partial charge in [-0.3, -0.25) is 29.9 Å². The number of hydrogen-bond acceptors (Lipinski definition) is 14. The zero-order chi connectivity index (χ0) is 97.9. The lowest BCUT2D eigenvalue weighted by molar-refractivity contribution is 1.07. The first kappa shape index (κ1) is 90.7. The van der Waals surface area contributed by atoms with Gasteiger partial charge < -0.3 is 18.3 Å². The van der Waals surface area contributed by atoms with Crippen LogP contribution in [0.25, 0.3) is 235 Å². The van der Waals surface area contributed by atoms with Crippen molar-refractivity contribution in [3.05, 3.63) is 492 Å². The molecule has 0 spiro atoms. The van der Waals surface area contributed by atoms with Gasteiger partial charge in [0.1, 0.15) is 0 Å². The van der Waals surface area contributed by atoms with E-state index < -0.39 is 0 Å². The van der Waals surface area contributed by atoms with Crippen LogP contribution in [0.3, 0.4) is 0 Å². The molecule has 13 aromatic carbocycles. The number of halogens is 4. The molecule has 0 fully saturated rings. The predicted molar refractivity (Wildman–Crippen MR) is 603 cm³/mol. The van der Waals surface area contributed by atoms with Crippen LogP contribution in [0, 0.1) is 0 Å². The third kappa shape index (κ3) is 18.4.